The van der Waals surface area contributed by atoms with Crippen molar-refractivity contribution in [3.63, 3.8) is 0 Å². The number of allylic oxidation sites excluding steroid dienone is 18. The number of rotatable bonds is 54. The molecule has 12 heteroatoms. The SMILES string of the molecule is CC/C=C\C/C=C\C/C=C\C/C=C\CCCCCCCCC(=O)OC(COC(=O)CCCC/C=C\C/C=C\C/C=C\C/C=C\CC)COP(=O)(O)OCC(CO)OC(=O)CCCCCCC/C=C\CCCCCCCC. The number of ether oxygens (including phenoxy) is 3. The van der Waals surface area contributed by atoms with Crippen LogP contribution in [0.3, 0.4) is 0 Å². The Bertz CT molecular complexity index is 1690. The fourth-order valence-corrected chi connectivity index (χ4v) is 8.47. The van der Waals surface area contributed by atoms with E-state index in [4.69, 9.17) is 23.3 Å². The van der Waals surface area contributed by atoms with E-state index in [1.807, 2.05) is 0 Å². The molecule has 434 valence electrons. The standard InChI is InChI=1S/C64H107O11P/c1-4-7-10-13-16-19-22-25-28-29-30-31-34-37-40-43-46-49-52-55-64(68)75-61(57-71-62(66)53-50-47-44-41-38-35-32-26-23-20-17-14-11-8-5-2)59-73-76(69,70)72-58-60(56-65)74-63(67)54-51-48-45-42-39-36-33-27-24-21-18-15-12-9-6-3/h7-8,10-11,16-17,19-20,25-28,30-33,38,41,60-61,65H,4-6,9,12-15,18,21-24,29,34-37,39-40,42-59H2,1-3H3,(H,69,70)/b10-7-,11-8-,19-16-,20-17-,28-25-,31-30-,32-26-,33-27-,41-38-. The lowest BCUT2D eigenvalue weighted by Gasteiger charge is -2.21. The van der Waals surface area contributed by atoms with E-state index < -0.39 is 57.8 Å². The number of carbonyl (C=O) groups is 3. The molecule has 0 aliphatic carbocycles. The molecular formula is C64H107O11P. The molecular weight excluding hydrogens is 976 g/mol. The van der Waals surface area contributed by atoms with Crippen LogP contribution in [0.2, 0.25) is 0 Å². The average molecular weight is 1080 g/mol. The second kappa shape index (κ2) is 57.3. The summed E-state index contributed by atoms with van der Waals surface area (Å²) in [5, 5.41) is 9.83. The molecule has 2 N–H and O–H groups in total. The third-order valence-electron chi connectivity index (χ3n) is 12.2. The molecule has 0 radical (unpaired) electrons. The Morgan fingerprint density at radius 3 is 1.09 bits per heavy atom. The number of esters is 3. The number of aliphatic hydroxyl groups is 1. The van der Waals surface area contributed by atoms with Gasteiger partial charge in [-0.25, -0.2) is 4.57 Å². The predicted molar refractivity (Wildman–Crippen MR) is 316 cm³/mol. The number of phosphoric acid groups is 1. The lowest BCUT2D eigenvalue weighted by Crippen LogP contribution is -2.30. The number of phosphoric ester groups is 1. The van der Waals surface area contributed by atoms with Gasteiger partial charge in [0.25, 0.3) is 0 Å². The zero-order valence-corrected chi connectivity index (χ0v) is 48.8. The molecule has 0 bridgehead atoms. The van der Waals surface area contributed by atoms with E-state index in [1.54, 1.807) is 0 Å². The minimum absolute atomic E-state index is 0.136. The van der Waals surface area contributed by atoms with Crippen molar-refractivity contribution in [1.29, 1.82) is 0 Å². The van der Waals surface area contributed by atoms with E-state index >= 15 is 0 Å². The molecule has 0 aliphatic heterocycles. The fourth-order valence-electron chi connectivity index (χ4n) is 7.69. The second-order valence-electron chi connectivity index (χ2n) is 19.4. The number of unbranched alkanes of at least 4 members (excludes halogenated alkanes) is 19. The maximum absolute atomic E-state index is 12.9. The van der Waals surface area contributed by atoms with Crippen molar-refractivity contribution < 1.29 is 52.2 Å². The molecule has 0 heterocycles. The van der Waals surface area contributed by atoms with E-state index in [0.717, 1.165) is 141 Å². The Morgan fingerprint density at radius 2 is 0.684 bits per heavy atom. The summed E-state index contributed by atoms with van der Waals surface area (Å²) < 4.78 is 39.5. The van der Waals surface area contributed by atoms with Crippen molar-refractivity contribution >= 4 is 25.7 Å². The summed E-state index contributed by atoms with van der Waals surface area (Å²) in [6.45, 7) is 4.34. The van der Waals surface area contributed by atoms with E-state index in [-0.39, 0.29) is 25.9 Å². The lowest BCUT2D eigenvalue weighted by molar-refractivity contribution is -0.161. The van der Waals surface area contributed by atoms with Crippen molar-refractivity contribution in [2.24, 2.45) is 0 Å². The third-order valence-corrected chi connectivity index (χ3v) is 13.1. The first-order chi connectivity index (χ1) is 37.2. The Hall–Kier alpha value is -3.86. The molecule has 0 aromatic rings. The fraction of sp³-hybridized carbons (Fsp3) is 0.672. The molecule has 0 fully saturated rings. The molecule has 0 rings (SSSR count). The van der Waals surface area contributed by atoms with Crippen LogP contribution in [-0.4, -0.2) is 66.5 Å². The molecule has 3 unspecified atom stereocenters. The van der Waals surface area contributed by atoms with E-state index in [2.05, 4.69) is 130 Å². The summed E-state index contributed by atoms with van der Waals surface area (Å²) in [7, 11) is -4.77. The first-order valence-corrected chi connectivity index (χ1v) is 31.3. The highest BCUT2D eigenvalue weighted by Gasteiger charge is 2.28. The Kier molecular flexibility index (Phi) is 54.4. The van der Waals surface area contributed by atoms with Gasteiger partial charge >= 0.3 is 25.7 Å². The summed E-state index contributed by atoms with van der Waals surface area (Å²) in [6.07, 6.45) is 69.0. The zero-order chi connectivity index (χ0) is 55.5. The molecule has 0 amide bonds. The molecule has 11 nitrogen and oxygen atoms in total. The molecule has 3 atom stereocenters. The van der Waals surface area contributed by atoms with E-state index in [1.165, 1.54) is 38.5 Å². The van der Waals surface area contributed by atoms with Crippen LogP contribution in [0.5, 0.6) is 0 Å². The monoisotopic (exact) mass is 1080 g/mol. The summed E-state index contributed by atoms with van der Waals surface area (Å²) in [6, 6.07) is 0. The molecule has 0 aromatic heterocycles. The van der Waals surface area contributed by atoms with Crippen molar-refractivity contribution in [1.82, 2.24) is 0 Å². The van der Waals surface area contributed by atoms with Gasteiger partial charge in [-0.3, -0.25) is 23.4 Å². The van der Waals surface area contributed by atoms with Crippen LogP contribution in [-0.2, 0) is 42.2 Å². The second-order valence-corrected chi connectivity index (χ2v) is 20.8. The van der Waals surface area contributed by atoms with Crippen molar-refractivity contribution in [2.75, 3.05) is 26.4 Å². The van der Waals surface area contributed by atoms with Gasteiger partial charge in [-0.05, 0) is 122 Å². The normalized spacial score (nSPS) is 14.1. The smallest absolute Gasteiger partial charge is 0.462 e. The van der Waals surface area contributed by atoms with E-state index in [9.17, 15) is 28.9 Å². The lowest BCUT2D eigenvalue weighted by atomic mass is 10.1. The highest BCUT2D eigenvalue weighted by atomic mass is 31.2. The summed E-state index contributed by atoms with van der Waals surface area (Å²) in [5.74, 6) is -1.55. The van der Waals surface area contributed by atoms with Crippen LogP contribution in [0.15, 0.2) is 109 Å². The van der Waals surface area contributed by atoms with Gasteiger partial charge in [0.1, 0.15) is 12.7 Å². The van der Waals surface area contributed by atoms with Crippen LogP contribution in [0.4, 0.5) is 0 Å². The Labute approximate surface area is 463 Å². The van der Waals surface area contributed by atoms with Crippen molar-refractivity contribution in [3.05, 3.63) is 109 Å². The van der Waals surface area contributed by atoms with Gasteiger partial charge in [-0.1, -0.05) is 207 Å². The molecule has 76 heavy (non-hydrogen) atoms. The van der Waals surface area contributed by atoms with Crippen LogP contribution in [0.1, 0.15) is 239 Å². The van der Waals surface area contributed by atoms with Gasteiger partial charge in [-0.2, -0.15) is 0 Å². The minimum atomic E-state index is -4.77. The molecule has 0 aromatic carbocycles. The van der Waals surface area contributed by atoms with E-state index in [0.29, 0.717) is 19.3 Å². The molecule has 0 aliphatic rings. The number of hydrogen-bond acceptors (Lipinski definition) is 10. The quantitative estimate of drug-likeness (QED) is 0.0197. The first-order valence-electron chi connectivity index (χ1n) is 29.8. The summed E-state index contributed by atoms with van der Waals surface area (Å²) in [5.41, 5.74) is 0. The van der Waals surface area contributed by atoms with Crippen LogP contribution < -0.4 is 0 Å². The van der Waals surface area contributed by atoms with Crippen LogP contribution in [0.25, 0.3) is 0 Å². The van der Waals surface area contributed by atoms with Gasteiger partial charge in [0.15, 0.2) is 6.10 Å². The Morgan fingerprint density at radius 1 is 0.382 bits per heavy atom. The summed E-state index contributed by atoms with van der Waals surface area (Å²) in [4.78, 5) is 48.6. The Balaban J connectivity index is 4.81. The molecule has 0 saturated heterocycles. The van der Waals surface area contributed by atoms with Gasteiger partial charge in [0.05, 0.1) is 19.8 Å². The first kappa shape index (κ1) is 72.1. The zero-order valence-electron chi connectivity index (χ0n) is 47.9. The van der Waals surface area contributed by atoms with Gasteiger partial charge in [-0.15, -0.1) is 0 Å². The topological polar surface area (TPSA) is 155 Å². The van der Waals surface area contributed by atoms with Crippen LogP contribution in [0, 0.1) is 0 Å². The van der Waals surface area contributed by atoms with Gasteiger partial charge < -0.3 is 24.2 Å². The highest BCUT2D eigenvalue weighted by Crippen LogP contribution is 2.43. The largest absolute Gasteiger partial charge is 0.472 e. The maximum Gasteiger partial charge on any atom is 0.472 e. The van der Waals surface area contributed by atoms with Gasteiger partial charge in [0, 0.05) is 19.3 Å². The molecule has 0 saturated carbocycles. The maximum atomic E-state index is 12.9. The number of hydrogen-bond donors (Lipinski definition) is 2. The predicted octanol–water partition coefficient (Wildman–Crippen LogP) is 17.8. The minimum Gasteiger partial charge on any atom is -0.462 e. The van der Waals surface area contributed by atoms with Crippen molar-refractivity contribution in [2.45, 2.75) is 251 Å². The average Bonchev–Trinajstić information content (AvgIpc) is 3.41. The van der Waals surface area contributed by atoms with Crippen LogP contribution >= 0.6 is 7.82 Å². The number of carbonyl (C=O) groups excluding carboxylic acids is 3. The summed E-state index contributed by atoms with van der Waals surface area (Å²) >= 11 is 0. The van der Waals surface area contributed by atoms with Gasteiger partial charge in [0.2, 0.25) is 0 Å². The molecule has 0 spiro atoms. The highest BCUT2D eigenvalue weighted by molar-refractivity contribution is 7.47. The van der Waals surface area contributed by atoms with Crippen molar-refractivity contribution in [3.8, 4) is 0 Å². The third kappa shape index (κ3) is 54.9. The number of aliphatic hydroxyl groups excluding tert-OH is 1.